The van der Waals surface area contributed by atoms with E-state index in [1.54, 1.807) is 0 Å². The van der Waals surface area contributed by atoms with E-state index in [1.807, 2.05) is 11.8 Å². The van der Waals surface area contributed by atoms with Crippen LogP contribution in [0.2, 0.25) is 0 Å². The molecule has 0 fully saturated rings. The van der Waals surface area contributed by atoms with E-state index in [1.165, 1.54) is 11.8 Å². The number of carbonyl (C=O) groups is 1. The van der Waals surface area contributed by atoms with Crippen molar-refractivity contribution in [2.45, 2.75) is 44.8 Å². The van der Waals surface area contributed by atoms with E-state index in [9.17, 15) is 4.79 Å². The van der Waals surface area contributed by atoms with E-state index < -0.39 is 5.97 Å². The number of aromatic nitrogens is 3. The standard InChI is InChI=1S/C12H21N3O2S2/c1-5-18-6-9(4)15-11(8(2)3)13-14-12(15)19-7-10(16)17/h8-9H,5-7H2,1-4H3,(H,16,17). The Labute approximate surface area is 122 Å². The summed E-state index contributed by atoms with van der Waals surface area (Å²) in [6, 6.07) is 0.272. The van der Waals surface area contributed by atoms with Gasteiger partial charge in [-0.05, 0) is 12.7 Å². The van der Waals surface area contributed by atoms with Gasteiger partial charge in [-0.15, -0.1) is 10.2 Å². The van der Waals surface area contributed by atoms with Crippen LogP contribution in [-0.2, 0) is 4.79 Å². The molecular weight excluding hydrogens is 282 g/mol. The monoisotopic (exact) mass is 303 g/mol. The van der Waals surface area contributed by atoms with E-state index in [-0.39, 0.29) is 17.7 Å². The van der Waals surface area contributed by atoms with Crippen molar-refractivity contribution in [3.63, 3.8) is 0 Å². The lowest BCUT2D eigenvalue weighted by Crippen LogP contribution is -2.14. The molecule has 5 nitrogen and oxygen atoms in total. The molecule has 1 aromatic rings. The van der Waals surface area contributed by atoms with Gasteiger partial charge >= 0.3 is 5.97 Å². The predicted molar refractivity (Wildman–Crippen MR) is 80.2 cm³/mol. The minimum absolute atomic E-state index is 0.0177. The number of carboxylic acids is 1. The molecule has 0 amide bonds. The summed E-state index contributed by atoms with van der Waals surface area (Å²) in [7, 11) is 0. The number of thioether (sulfide) groups is 2. The minimum Gasteiger partial charge on any atom is -0.481 e. The van der Waals surface area contributed by atoms with Crippen molar-refractivity contribution in [3.8, 4) is 0 Å². The highest BCUT2D eigenvalue weighted by atomic mass is 32.2. The Balaban J connectivity index is 2.93. The second kappa shape index (κ2) is 7.79. The fraction of sp³-hybridized carbons (Fsp3) is 0.750. The topological polar surface area (TPSA) is 68.0 Å². The van der Waals surface area contributed by atoms with E-state index in [2.05, 4.69) is 42.5 Å². The van der Waals surface area contributed by atoms with Crippen molar-refractivity contribution in [1.29, 1.82) is 0 Å². The quantitative estimate of drug-likeness (QED) is 0.745. The van der Waals surface area contributed by atoms with E-state index >= 15 is 0 Å². The average molecular weight is 303 g/mol. The Morgan fingerprint density at radius 2 is 2.05 bits per heavy atom. The largest absolute Gasteiger partial charge is 0.481 e. The van der Waals surface area contributed by atoms with Gasteiger partial charge < -0.3 is 9.67 Å². The SMILES string of the molecule is CCSCC(C)n1c(SCC(=O)O)nnc1C(C)C. The minimum atomic E-state index is -0.832. The zero-order chi connectivity index (χ0) is 14.4. The average Bonchev–Trinajstić information content (AvgIpc) is 2.77. The first kappa shape index (κ1) is 16.4. The highest BCUT2D eigenvalue weighted by molar-refractivity contribution is 7.99. The number of nitrogens with zero attached hydrogens (tertiary/aromatic N) is 3. The van der Waals surface area contributed by atoms with Crippen LogP contribution >= 0.6 is 23.5 Å². The maximum absolute atomic E-state index is 10.7. The highest BCUT2D eigenvalue weighted by Gasteiger charge is 2.20. The summed E-state index contributed by atoms with van der Waals surface area (Å²) in [5, 5.41) is 17.8. The van der Waals surface area contributed by atoms with Crippen molar-refractivity contribution >= 4 is 29.5 Å². The lowest BCUT2D eigenvalue weighted by Gasteiger charge is -2.18. The molecule has 0 aliphatic heterocycles. The maximum atomic E-state index is 10.7. The smallest absolute Gasteiger partial charge is 0.313 e. The Bertz CT molecular complexity index is 421. The molecule has 1 heterocycles. The molecule has 0 saturated carbocycles. The number of carboxylic acid groups (broad SMARTS) is 1. The zero-order valence-corrected chi connectivity index (χ0v) is 13.4. The van der Waals surface area contributed by atoms with Crippen LogP contribution in [0.15, 0.2) is 5.16 Å². The zero-order valence-electron chi connectivity index (χ0n) is 11.8. The number of rotatable bonds is 8. The summed E-state index contributed by atoms with van der Waals surface area (Å²) in [5.41, 5.74) is 0. The summed E-state index contributed by atoms with van der Waals surface area (Å²) >= 11 is 3.10. The first-order valence-corrected chi connectivity index (χ1v) is 8.48. The Hall–Kier alpha value is -0.690. The molecule has 108 valence electrons. The number of hydrogen-bond donors (Lipinski definition) is 1. The predicted octanol–water partition coefficient (Wildman–Crippen LogP) is 2.89. The van der Waals surface area contributed by atoms with Crippen molar-refractivity contribution in [3.05, 3.63) is 5.82 Å². The van der Waals surface area contributed by atoms with Gasteiger partial charge in [0.15, 0.2) is 5.16 Å². The summed E-state index contributed by atoms with van der Waals surface area (Å²) < 4.78 is 2.08. The highest BCUT2D eigenvalue weighted by Crippen LogP contribution is 2.27. The lowest BCUT2D eigenvalue weighted by molar-refractivity contribution is -0.133. The van der Waals surface area contributed by atoms with Gasteiger partial charge in [0.1, 0.15) is 5.82 Å². The molecule has 1 aromatic heterocycles. The molecule has 1 rings (SSSR count). The van der Waals surface area contributed by atoms with Gasteiger partial charge in [-0.1, -0.05) is 32.5 Å². The summed E-state index contributed by atoms with van der Waals surface area (Å²) in [6.45, 7) is 8.41. The van der Waals surface area contributed by atoms with Crippen LogP contribution in [0.5, 0.6) is 0 Å². The molecular formula is C12H21N3O2S2. The molecule has 1 unspecified atom stereocenters. The first-order valence-electron chi connectivity index (χ1n) is 6.34. The Morgan fingerprint density at radius 3 is 2.58 bits per heavy atom. The molecule has 0 aliphatic carbocycles. The fourth-order valence-corrected chi connectivity index (χ4v) is 3.17. The second-order valence-corrected chi connectivity index (χ2v) is 6.82. The Morgan fingerprint density at radius 1 is 1.37 bits per heavy atom. The van der Waals surface area contributed by atoms with Gasteiger partial charge in [-0.25, -0.2) is 0 Å². The molecule has 0 aliphatic rings. The van der Waals surface area contributed by atoms with E-state index in [0.717, 1.165) is 17.3 Å². The van der Waals surface area contributed by atoms with Crippen LogP contribution in [0.3, 0.4) is 0 Å². The maximum Gasteiger partial charge on any atom is 0.313 e. The second-order valence-electron chi connectivity index (χ2n) is 4.56. The van der Waals surface area contributed by atoms with Crippen LogP contribution in [0, 0.1) is 0 Å². The van der Waals surface area contributed by atoms with Crippen LogP contribution < -0.4 is 0 Å². The fourth-order valence-electron chi connectivity index (χ4n) is 1.68. The third kappa shape index (κ3) is 4.72. The molecule has 0 spiro atoms. The molecule has 0 bridgehead atoms. The molecule has 0 radical (unpaired) electrons. The van der Waals surface area contributed by atoms with Gasteiger partial charge in [0.2, 0.25) is 0 Å². The van der Waals surface area contributed by atoms with Gasteiger partial charge in [0, 0.05) is 17.7 Å². The molecule has 1 N–H and O–H groups in total. The summed E-state index contributed by atoms with van der Waals surface area (Å²) in [5.74, 6) is 2.44. The van der Waals surface area contributed by atoms with Gasteiger partial charge in [-0.2, -0.15) is 11.8 Å². The van der Waals surface area contributed by atoms with Crippen molar-refractivity contribution in [1.82, 2.24) is 14.8 Å². The molecule has 7 heteroatoms. The van der Waals surface area contributed by atoms with Crippen molar-refractivity contribution in [2.75, 3.05) is 17.3 Å². The van der Waals surface area contributed by atoms with Crippen LogP contribution in [0.25, 0.3) is 0 Å². The number of aliphatic carboxylic acids is 1. The Kier molecular flexibility index (Phi) is 6.71. The van der Waals surface area contributed by atoms with E-state index in [4.69, 9.17) is 5.11 Å². The molecule has 0 aromatic carbocycles. The van der Waals surface area contributed by atoms with Gasteiger partial charge in [-0.3, -0.25) is 4.79 Å². The number of hydrogen-bond acceptors (Lipinski definition) is 5. The van der Waals surface area contributed by atoms with Crippen molar-refractivity contribution < 1.29 is 9.90 Å². The third-order valence-corrected chi connectivity index (χ3v) is 4.59. The lowest BCUT2D eigenvalue weighted by atomic mass is 10.2. The first-order chi connectivity index (χ1) is 8.97. The molecule has 1 atom stereocenters. The van der Waals surface area contributed by atoms with Gasteiger partial charge in [0.25, 0.3) is 0 Å². The summed E-state index contributed by atoms with van der Waals surface area (Å²) in [6.07, 6.45) is 0. The third-order valence-electron chi connectivity index (χ3n) is 2.54. The molecule has 19 heavy (non-hydrogen) atoms. The van der Waals surface area contributed by atoms with Crippen molar-refractivity contribution in [2.24, 2.45) is 0 Å². The van der Waals surface area contributed by atoms with Crippen LogP contribution in [0.4, 0.5) is 0 Å². The van der Waals surface area contributed by atoms with Crippen LogP contribution in [0.1, 0.15) is 45.5 Å². The molecule has 0 saturated heterocycles. The normalized spacial score (nSPS) is 12.9. The summed E-state index contributed by atoms with van der Waals surface area (Å²) in [4.78, 5) is 10.7. The van der Waals surface area contributed by atoms with Gasteiger partial charge in [0.05, 0.1) is 5.75 Å². The van der Waals surface area contributed by atoms with E-state index in [0.29, 0.717) is 5.16 Å². The van der Waals surface area contributed by atoms with Crippen LogP contribution in [-0.4, -0.2) is 43.1 Å².